The fourth-order valence-electron chi connectivity index (χ4n) is 0.142. The van der Waals surface area contributed by atoms with Crippen molar-refractivity contribution in [1.29, 1.82) is 0 Å². The predicted octanol–water partition coefficient (Wildman–Crippen LogP) is -3.26. The van der Waals surface area contributed by atoms with Gasteiger partial charge in [-0.25, -0.2) is 4.79 Å². The Balaban J connectivity index is -0.000000180. The molecule has 4 nitrogen and oxygen atoms in total. The number of carbonyl (C=O) groups excluding carboxylic acids is 2. The van der Waals surface area contributed by atoms with Gasteiger partial charge in [0.05, 0.1) is 0 Å². The van der Waals surface area contributed by atoms with Crippen molar-refractivity contribution in [2.75, 3.05) is 0 Å². The second kappa shape index (κ2) is 5.08. The van der Waals surface area contributed by atoms with Gasteiger partial charge in [0.2, 0.25) is 0 Å². The molecule has 0 aliphatic rings. The Kier molecular flexibility index (Phi) is 6.89. The summed E-state index contributed by atoms with van der Waals surface area (Å²) in [6.45, 7) is 1.10. The van der Waals surface area contributed by atoms with Crippen LogP contribution >= 0.6 is 0 Å². The maximum Gasteiger partial charge on any atom is 1.00 e. The zero-order chi connectivity index (χ0) is 5.86. The molecule has 0 radical (unpaired) electrons. The number of rotatable bonds is 0. The van der Waals surface area contributed by atoms with Crippen molar-refractivity contribution in [2.45, 2.75) is 6.92 Å². The summed E-state index contributed by atoms with van der Waals surface area (Å²) in [7, 11) is 0. The van der Waals surface area contributed by atoms with Gasteiger partial charge in [-0.15, -0.1) is 0 Å². The van der Waals surface area contributed by atoms with E-state index in [0.717, 1.165) is 6.92 Å². The van der Waals surface area contributed by atoms with E-state index in [-0.39, 0.29) is 31.0 Å². The summed E-state index contributed by atoms with van der Waals surface area (Å²) < 4.78 is 3.75. The number of carbonyl (C=O) groups is 2. The van der Waals surface area contributed by atoms with Crippen LogP contribution < -0.4 is 35.3 Å². The van der Waals surface area contributed by atoms with Crippen LogP contribution in [0.5, 0.6) is 0 Å². The molecule has 0 aromatic carbocycles. The van der Waals surface area contributed by atoms with E-state index < -0.39 is 12.1 Å². The molecule has 0 atom stereocenters. The second-order valence-corrected chi connectivity index (χ2v) is 0.913. The van der Waals surface area contributed by atoms with Crippen molar-refractivity contribution in [3.05, 3.63) is 0 Å². The van der Waals surface area contributed by atoms with Gasteiger partial charge in [-0.1, -0.05) is 0 Å². The molecule has 0 aromatic rings. The number of primary amides is 1. The van der Waals surface area contributed by atoms with Gasteiger partial charge < -0.3 is 11.9 Å². The van der Waals surface area contributed by atoms with Gasteiger partial charge in [0, 0.05) is 6.92 Å². The van der Waals surface area contributed by atoms with Crippen molar-refractivity contribution < 1.29 is 45.3 Å². The first kappa shape index (κ1) is 10.8. The molecule has 0 saturated heterocycles. The maximum absolute atomic E-state index is 9.73. The second-order valence-electron chi connectivity index (χ2n) is 0.913. The smallest absolute Gasteiger partial charge is 1.00 e. The van der Waals surface area contributed by atoms with E-state index in [1.807, 2.05) is 0 Å². The van der Waals surface area contributed by atoms with Gasteiger partial charge in [0.25, 0.3) is 0 Å². The Morgan fingerprint density at radius 2 is 2.00 bits per heavy atom. The van der Waals surface area contributed by atoms with E-state index in [1.54, 1.807) is 0 Å². The zero-order valence-corrected chi connectivity index (χ0v) is 6.80. The largest absolute Gasteiger partial charge is 1.00 e. The maximum atomic E-state index is 9.73. The summed E-state index contributed by atoms with van der Waals surface area (Å²) in [5.74, 6) is -0.687. The summed E-state index contributed by atoms with van der Waals surface area (Å²) in [6.07, 6.45) is -1.06. The zero-order valence-electron chi connectivity index (χ0n) is 5.80. The summed E-state index contributed by atoms with van der Waals surface area (Å²) >= 11 is 0. The first-order chi connectivity index (χ1) is 3.13. The molecule has 0 saturated carbocycles. The van der Waals surface area contributed by atoms with E-state index in [9.17, 15) is 9.59 Å². The molecule has 0 rings (SSSR count). The molecule has 0 bridgehead atoms. The number of hydrogen-bond donors (Lipinski definition) is 1. The molecule has 0 heterocycles. The van der Waals surface area contributed by atoms with Gasteiger partial charge in [-0.3, -0.25) is 4.79 Å². The average Bonchev–Trinajstić information content (AvgIpc) is 1.27. The Bertz CT molecular complexity index is 95.2. The molecule has 0 aliphatic heterocycles. The van der Waals surface area contributed by atoms with Gasteiger partial charge in [-0.2, -0.15) is 0 Å². The van der Waals surface area contributed by atoms with Crippen LogP contribution in [0.1, 0.15) is 8.35 Å². The summed E-state index contributed by atoms with van der Waals surface area (Å²) in [5.41, 5.74) is 4.41. The minimum absolute atomic E-state index is 0. The van der Waals surface area contributed by atoms with Crippen LogP contribution in [0.2, 0.25) is 0 Å². The first-order valence-corrected chi connectivity index (χ1v) is 1.61. The molecule has 0 fully saturated rings. The predicted molar refractivity (Wildman–Crippen MR) is 22.5 cm³/mol. The van der Waals surface area contributed by atoms with Crippen molar-refractivity contribution in [2.24, 2.45) is 5.73 Å². The monoisotopic (exact) mass is 127 g/mol. The third-order valence-electron chi connectivity index (χ3n) is 0.244. The first-order valence-electron chi connectivity index (χ1n) is 1.61. The SMILES string of the molecule is CC(=O)OC(N)=O.[H-].[Na+]. The molecule has 42 valence electrons. The molecule has 0 unspecified atom stereocenters. The number of hydrogen-bond acceptors (Lipinski definition) is 3. The van der Waals surface area contributed by atoms with Crippen LogP contribution in [0.3, 0.4) is 0 Å². The van der Waals surface area contributed by atoms with Gasteiger partial charge in [0.15, 0.2) is 0 Å². The number of esters is 1. The van der Waals surface area contributed by atoms with Gasteiger partial charge in [0.1, 0.15) is 0 Å². The summed E-state index contributed by atoms with van der Waals surface area (Å²) in [6, 6.07) is 0. The van der Waals surface area contributed by atoms with Crippen LogP contribution in [0.15, 0.2) is 0 Å². The van der Waals surface area contributed by atoms with Gasteiger partial charge >= 0.3 is 41.6 Å². The van der Waals surface area contributed by atoms with Crippen LogP contribution in [-0.4, -0.2) is 12.1 Å². The quantitative estimate of drug-likeness (QED) is 0.211. The standard InChI is InChI=1S/C3H5NO3.Na.H/c1-2(5)7-3(4)6;;/h1H3,(H2,4,6);;/q;+1;-1. The Morgan fingerprint density at radius 3 is 2.00 bits per heavy atom. The van der Waals surface area contributed by atoms with E-state index in [2.05, 4.69) is 10.5 Å². The van der Waals surface area contributed by atoms with Crippen molar-refractivity contribution >= 4 is 12.1 Å². The summed E-state index contributed by atoms with van der Waals surface area (Å²) in [5, 5.41) is 0. The molecule has 0 aromatic heterocycles. The molecule has 5 heteroatoms. The van der Waals surface area contributed by atoms with E-state index >= 15 is 0 Å². The fraction of sp³-hybridized carbons (Fsp3) is 0.333. The molecule has 0 aliphatic carbocycles. The van der Waals surface area contributed by atoms with E-state index in [1.165, 1.54) is 0 Å². The molecule has 0 spiro atoms. The van der Waals surface area contributed by atoms with Crippen LogP contribution in [0, 0.1) is 0 Å². The van der Waals surface area contributed by atoms with Crippen LogP contribution in [-0.2, 0) is 9.53 Å². The normalized spacial score (nSPS) is 6.62. The van der Waals surface area contributed by atoms with Crippen molar-refractivity contribution in [3.63, 3.8) is 0 Å². The minimum Gasteiger partial charge on any atom is -1.00 e. The van der Waals surface area contributed by atoms with Crippen molar-refractivity contribution in [3.8, 4) is 0 Å². The fourth-order valence-corrected chi connectivity index (χ4v) is 0.142. The Hall–Kier alpha value is -0.0600. The topological polar surface area (TPSA) is 69.4 Å². The van der Waals surface area contributed by atoms with Gasteiger partial charge in [-0.05, 0) is 0 Å². The summed E-state index contributed by atoms with van der Waals surface area (Å²) in [4.78, 5) is 19.3. The number of nitrogens with two attached hydrogens (primary N) is 1. The van der Waals surface area contributed by atoms with E-state index in [0.29, 0.717) is 0 Å². The third-order valence-corrected chi connectivity index (χ3v) is 0.244. The molecule has 2 N–H and O–H groups in total. The third kappa shape index (κ3) is 9.34. The average molecular weight is 127 g/mol. The minimum atomic E-state index is -1.06. The number of amides is 1. The molecule has 8 heavy (non-hydrogen) atoms. The Labute approximate surface area is 70.1 Å². The number of ether oxygens (including phenoxy) is 1. The van der Waals surface area contributed by atoms with Crippen LogP contribution in [0.25, 0.3) is 0 Å². The molecule has 1 amide bonds. The Morgan fingerprint density at radius 1 is 1.62 bits per heavy atom. The molecular weight excluding hydrogens is 121 g/mol. The van der Waals surface area contributed by atoms with Crippen molar-refractivity contribution in [1.82, 2.24) is 0 Å². The van der Waals surface area contributed by atoms with E-state index in [4.69, 9.17) is 0 Å². The molecular formula is C3H6NNaO3. The van der Waals surface area contributed by atoms with Crippen LogP contribution in [0.4, 0.5) is 4.79 Å².